The molecule has 0 spiro atoms. The van der Waals surface area contributed by atoms with Gasteiger partial charge in [0.15, 0.2) is 5.82 Å². The molecule has 14 heteroatoms. The number of fused-ring (bicyclic) bond motifs is 2. The molecule has 0 aliphatic carbocycles. The summed E-state index contributed by atoms with van der Waals surface area (Å²) in [5, 5.41) is 4.88. The van der Waals surface area contributed by atoms with Gasteiger partial charge >= 0.3 is 11.9 Å². The summed E-state index contributed by atoms with van der Waals surface area (Å²) in [5.41, 5.74) is 6.82. The Morgan fingerprint density at radius 1 is 1.28 bits per heavy atom. The van der Waals surface area contributed by atoms with E-state index < -0.39 is 30.2 Å². The summed E-state index contributed by atoms with van der Waals surface area (Å²) in [4.78, 5) is 47.8. The van der Waals surface area contributed by atoms with E-state index in [-0.39, 0.29) is 23.6 Å². The molecule has 2 aromatic heterocycles. The highest BCUT2D eigenvalue weighted by atomic mass is 32.2. The van der Waals surface area contributed by atoms with Crippen molar-refractivity contribution in [3.8, 4) is 0 Å². The molecule has 0 bridgehead atoms. The number of aromatic nitrogens is 4. The highest BCUT2D eigenvalue weighted by molar-refractivity contribution is 8.01. The molecule has 4 heterocycles. The fraction of sp³-hybridized carbons (Fsp3) is 0.545. The molecule has 36 heavy (non-hydrogen) atoms. The van der Waals surface area contributed by atoms with Crippen molar-refractivity contribution in [3.05, 3.63) is 28.9 Å². The highest BCUT2D eigenvalue weighted by Crippen LogP contribution is 2.41. The molecule has 0 saturated carbocycles. The molecule has 1 unspecified atom stereocenters. The van der Waals surface area contributed by atoms with Gasteiger partial charge in [0.2, 0.25) is 12.7 Å². The average molecular weight is 537 g/mol. The van der Waals surface area contributed by atoms with Crippen molar-refractivity contribution >= 4 is 47.1 Å². The number of esters is 2. The third-order valence-electron chi connectivity index (χ3n) is 5.39. The first-order valence-electron chi connectivity index (χ1n) is 11.1. The number of thioether (sulfide) groups is 2. The number of ether oxygens (including phenoxy) is 3. The third-order valence-corrected chi connectivity index (χ3v) is 7.83. The van der Waals surface area contributed by atoms with Crippen molar-refractivity contribution in [1.29, 1.82) is 0 Å². The lowest BCUT2D eigenvalue weighted by Crippen LogP contribution is -2.68. The van der Waals surface area contributed by atoms with Gasteiger partial charge in [0.25, 0.3) is 5.78 Å². The number of carbonyl (C=O) groups is 3. The normalized spacial score (nSPS) is 19.8. The smallest absolute Gasteiger partial charge is 0.357 e. The molecule has 2 atom stereocenters. The number of rotatable bonds is 8. The van der Waals surface area contributed by atoms with E-state index in [0.717, 1.165) is 10.7 Å². The molecular weight excluding hydrogens is 508 g/mol. The molecule has 0 radical (unpaired) electrons. The van der Waals surface area contributed by atoms with Crippen molar-refractivity contribution < 1.29 is 28.6 Å². The van der Waals surface area contributed by atoms with Crippen molar-refractivity contribution in [2.24, 2.45) is 11.1 Å². The molecule has 2 aromatic rings. The van der Waals surface area contributed by atoms with E-state index in [2.05, 4.69) is 15.1 Å². The predicted molar refractivity (Wildman–Crippen MR) is 132 cm³/mol. The van der Waals surface area contributed by atoms with E-state index in [1.807, 2.05) is 13.0 Å². The lowest BCUT2D eigenvalue weighted by atomic mass is 9.98. The van der Waals surface area contributed by atoms with Gasteiger partial charge in [-0.05, 0) is 39.3 Å². The van der Waals surface area contributed by atoms with Crippen molar-refractivity contribution in [2.75, 3.05) is 25.4 Å². The van der Waals surface area contributed by atoms with Crippen LogP contribution in [0.15, 0.2) is 22.4 Å². The van der Waals surface area contributed by atoms with Crippen LogP contribution >= 0.6 is 23.5 Å². The molecule has 2 aliphatic rings. The van der Waals surface area contributed by atoms with Crippen molar-refractivity contribution in [3.63, 3.8) is 0 Å². The number of carbonyl (C=O) groups excluding carboxylic acids is 3. The van der Waals surface area contributed by atoms with Crippen LogP contribution in [0.4, 0.5) is 0 Å². The summed E-state index contributed by atoms with van der Waals surface area (Å²) in [5.74, 6) is 0.219. The number of methoxy groups -OCH3 is 1. The first kappa shape index (κ1) is 26.4. The Morgan fingerprint density at radius 3 is 2.72 bits per heavy atom. The summed E-state index contributed by atoms with van der Waals surface area (Å²) in [7, 11) is 1.56. The average Bonchev–Trinajstić information content (AvgIpc) is 3.23. The summed E-state index contributed by atoms with van der Waals surface area (Å²) in [6.45, 7) is 6.66. The summed E-state index contributed by atoms with van der Waals surface area (Å²) in [6, 6.07) is 1.19. The lowest BCUT2D eigenvalue weighted by molar-refractivity contribution is -0.173. The Bertz CT molecular complexity index is 1240. The van der Waals surface area contributed by atoms with E-state index in [4.69, 9.17) is 19.9 Å². The Balaban J connectivity index is 1.56. The summed E-state index contributed by atoms with van der Waals surface area (Å²) < 4.78 is 17.1. The van der Waals surface area contributed by atoms with Gasteiger partial charge in [0, 0.05) is 24.3 Å². The van der Waals surface area contributed by atoms with Crippen LogP contribution < -0.4 is 5.73 Å². The quantitative estimate of drug-likeness (QED) is 0.170. The third kappa shape index (κ3) is 5.21. The van der Waals surface area contributed by atoms with Crippen LogP contribution in [0.2, 0.25) is 0 Å². The molecule has 0 aromatic carbocycles. The Kier molecular flexibility index (Phi) is 7.59. The predicted octanol–water partition coefficient (Wildman–Crippen LogP) is 1.26. The number of hydrogen-bond donors (Lipinski definition) is 1. The van der Waals surface area contributed by atoms with Gasteiger partial charge in [-0.25, -0.2) is 9.78 Å². The van der Waals surface area contributed by atoms with E-state index in [1.54, 1.807) is 32.4 Å². The summed E-state index contributed by atoms with van der Waals surface area (Å²) in [6.07, 6.45) is 0. The van der Waals surface area contributed by atoms with Crippen LogP contribution in [-0.2, 0) is 35.2 Å². The van der Waals surface area contributed by atoms with Crippen molar-refractivity contribution in [2.45, 2.75) is 50.7 Å². The highest BCUT2D eigenvalue weighted by Gasteiger charge is 2.52. The first-order valence-corrected chi connectivity index (χ1v) is 13.2. The van der Waals surface area contributed by atoms with Crippen LogP contribution in [0, 0.1) is 12.3 Å². The standard InChI is InChI=1S/C22H28N6O6S2/c1-11-6-14(28-21(24-11)25-13(26-28)7-32-5)35-8-12-9-36-18-15(23)17(29)27(18)16(12)19(30)33-10-34-20(31)22(2,3)4/h6,15,18H,7-10,23H2,1-5H3/t15?,18-/m1/s1. The van der Waals surface area contributed by atoms with Gasteiger partial charge in [-0.1, -0.05) is 0 Å². The van der Waals surface area contributed by atoms with E-state index in [0.29, 0.717) is 28.7 Å². The van der Waals surface area contributed by atoms with Gasteiger partial charge in [0.05, 0.1) is 5.41 Å². The maximum Gasteiger partial charge on any atom is 0.357 e. The molecule has 1 fully saturated rings. The van der Waals surface area contributed by atoms with Crippen LogP contribution in [0.5, 0.6) is 0 Å². The van der Waals surface area contributed by atoms with Crippen LogP contribution in [0.25, 0.3) is 5.78 Å². The van der Waals surface area contributed by atoms with Crippen LogP contribution in [-0.4, -0.2) is 79.2 Å². The van der Waals surface area contributed by atoms with E-state index >= 15 is 0 Å². The van der Waals surface area contributed by atoms with Gasteiger partial charge < -0.3 is 19.9 Å². The minimum atomic E-state index is -0.739. The minimum Gasteiger partial charge on any atom is -0.427 e. The molecule has 1 saturated heterocycles. The zero-order chi connectivity index (χ0) is 26.2. The zero-order valence-electron chi connectivity index (χ0n) is 20.6. The molecule has 2 aliphatic heterocycles. The topological polar surface area (TPSA) is 151 Å². The summed E-state index contributed by atoms with van der Waals surface area (Å²) >= 11 is 2.92. The molecule has 1 amide bonds. The van der Waals surface area contributed by atoms with Crippen molar-refractivity contribution in [1.82, 2.24) is 24.5 Å². The second-order valence-electron chi connectivity index (χ2n) is 9.32. The number of nitrogens with two attached hydrogens (primary N) is 1. The number of amides is 1. The monoisotopic (exact) mass is 536 g/mol. The molecule has 12 nitrogen and oxygen atoms in total. The molecule has 4 rings (SSSR count). The maximum atomic E-state index is 13.1. The Labute approximate surface area is 216 Å². The zero-order valence-corrected chi connectivity index (χ0v) is 22.3. The number of β-lactam (4-membered cyclic amide) rings is 1. The molecule has 194 valence electrons. The fourth-order valence-corrected chi connectivity index (χ4v) is 6.03. The molecular formula is C22H28N6O6S2. The second-order valence-corrected chi connectivity index (χ2v) is 11.4. The van der Waals surface area contributed by atoms with Gasteiger partial charge in [0.1, 0.15) is 28.7 Å². The number of hydrogen-bond acceptors (Lipinski definition) is 12. The fourth-order valence-electron chi connectivity index (χ4n) is 3.55. The van der Waals surface area contributed by atoms with E-state index in [1.165, 1.54) is 28.4 Å². The Hall–Kier alpha value is -2.68. The molecule has 2 N–H and O–H groups in total. The minimum absolute atomic E-state index is 0.144. The van der Waals surface area contributed by atoms with Gasteiger partial charge in [-0.3, -0.25) is 14.5 Å². The largest absolute Gasteiger partial charge is 0.427 e. The van der Waals surface area contributed by atoms with Crippen LogP contribution in [0.3, 0.4) is 0 Å². The SMILES string of the molecule is COCc1nc2nc(C)cc(SCC3=C(C(=O)OCOC(=O)C(C)(C)C)N4C(=O)C(N)[C@H]4SC3)n2n1. The van der Waals surface area contributed by atoms with Gasteiger partial charge in [-0.2, -0.15) is 9.50 Å². The van der Waals surface area contributed by atoms with Crippen LogP contribution in [0.1, 0.15) is 32.3 Å². The first-order chi connectivity index (χ1) is 17.0. The second kappa shape index (κ2) is 10.4. The number of aryl methyl sites for hydroxylation is 1. The maximum absolute atomic E-state index is 13.1. The Morgan fingerprint density at radius 2 is 2.03 bits per heavy atom. The lowest BCUT2D eigenvalue weighted by Gasteiger charge is -2.48. The number of nitrogens with zero attached hydrogens (tertiary/aromatic N) is 5. The van der Waals surface area contributed by atoms with E-state index in [9.17, 15) is 14.4 Å². The van der Waals surface area contributed by atoms with Gasteiger partial charge in [-0.15, -0.1) is 28.6 Å².